The van der Waals surface area contributed by atoms with E-state index >= 15 is 0 Å². The standard InChI is InChI=1S/C22H30N4O3S/c1-23-21(25-17-22(12-13-22)19-6-4-3-5-7-19)24-16-18-8-10-20(11-9-18)30(27,28)26-14-15-29-2/h3-11,26H,12-17H2,1-2H3,(H2,23,24,25). The number of hydrogen-bond acceptors (Lipinski definition) is 4. The maximum Gasteiger partial charge on any atom is 0.240 e. The second-order valence-corrected chi connectivity index (χ2v) is 9.23. The molecule has 0 spiro atoms. The molecule has 7 nitrogen and oxygen atoms in total. The summed E-state index contributed by atoms with van der Waals surface area (Å²) >= 11 is 0. The number of benzene rings is 2. The van der Waals surface area contributed by atoms with Crippen LogP contribution in [0.5, 0.6) is 0 Å². The molecule has 1 saturated carbocycles. The Kier molecular flexibility index (Phi) is 7.47. The van der Waals surface area contributed by atoms with E-state index in [-0.39, 0.29) is 16.9 Å². The molecule has 1 aliphatic carbocycles. The van der Waals surface area contributed by atoms with Crippen LogP contribution in [0.25, 0.3) is 0 Å². The Morgan fingerprint density at radius 2 is 1.77 bits per heavy atom. The first-order chi connectivity index (χ1) is 14.5. The summed E-state index contributed by atoms with van der Waals surface area (Å²) in [5.41, 5.74) is 2.53. The van der Waals surface area contributed by atoms with Gasteiger partial charge in [0.25, 0.3) is 0 Å². The van der Waals surface area contributed by atoms with Gasteiger partial charge in [-0.15, -0.1) is 0 Å². The fourth-order valence-corrected chi connectivity index (χ4v) is 4.33. The minimum Gasteiger partial charge on any atom is -0.383 e. The molecule has 0 radical (unpaired) electrons. The molecule has 3 N–H and O–H groups in total. The Labute approximate surface area is 179 Å². The van der Waals surface area contributed by atoms with Crippen molar-refractivity contribution < 1.29 is 13.2 Å². The molecule has 0 bridgehead atoms. The van der Waals surface area contributed by atoms with E-state index in [0.717, 1.165) is 18.1 Å². The first-order valence-corrected chi connectivity index (χ1v) is 11.5. The third kappa shape index (κ3) is 5.81. The molecule has 30 heavy (non-hydrogen) atoms. The lowest BCUT2D eigenvalue weighted by Crippen LogP contribution is -2.40. The van der Waals surface area contributed by atoms with Crippen LogP contribution in [0.2, 0.25) is 0 Å². The van der Waals surface area contributed by atoms with Crippen LogP contribution in [0, 0.1) is 0 Å². The third-order valence-corrected chi connectivity index (χ3v) is 6.83. The molecule has 0 aromatic heterocycles. The van der Waals surface area contributed by atoms with Crippen LogP contribution in [-0.2, 0) is 26.7 Å². The number of methoxy groups -OCH3 is 1. The summed E-state index contributed by atoms with van der Waals surface area (Å²) in [5, 5.41) is 6.72. The first kappa shape index (κ1) is 22.3. The summed E-state index contributed by atoms with van der Waals surface area (Å²) in [7, 11) is -0.235. The van der Waals surface area contributed by atoms with Gasteiger partial charge in [0.15, 0.2) is 5.96 Å². The zero-order chi connectivity index (χ0) is 21.5. The number of nitrogens with one attached hydrogen (secondary N) is 3. The largest absolute Gasteiger partial charge is 0.383 e. The van der Waals surface area contributed by atoms with Crippen LogP contribution in [0.1, 0.15) is 24.0 Å². The Bertz CT molecular complexity index is 940. The van der Waals surface area contributed by atoms with E-state index < -0.39 is 10.0 Å². The fourth-order valence-electron chi connectivity index (χ4n) is 3.32. The number of rotatable bonds is 10. The highest BCUT2D eigenvalue weighted by molar-refractivity contribution is 7.89. The molecular formula is C22H30N4O3S. The normalized spacial score (nSPS) is 15.6. The van der Waals surface area contributed by atoms with Gasteiger partial charge in [0.2, 0.25) is 10.0 Å². The summed E-state index contributed by atoms with van der Waals surface area (Å²) in [6.07, 6.45) is 2.35. The van der Waals surface area contributed by atoms with Gasteiger partial charge in [-0.05, 0) is 36.1 Å². The number of hydrogen-bond donors (Lipinski definition) is 3. The molecule has 8 heteroatoms. The summed E-state index contributed by atoms with van der Waals surface area (Å²) in [6, 6.07) is 17.4. The monoisotopic (exact) mass is 430 g/mol. The molecule has 0 amide bonds. The first-order valence-electron chi connectivity index (χ1n) is 10.1. The van der Waals surface area contributed by atoms with Crippen molar-refractivity contribution in [2.75, 3.05) is 33.9 Å². The van der Waals surface area contributed by atoms with Crippen LogP contribution >= 0.6 is 0 Å². The van der Waals surface area contributed by atoms with E-state index in [1.165, 1.54) is 25.5 Å². The average Bonchev–Trinajstić information content (AvgIpc) is 3.56. The Morgan fingerprint density at radius 1 is 1.07 bits per heavy atom. The predicted octanol–water partition coefficient (Wildman–Crippen LogP) is 2.01. The summed E-state index contributed by atoms with van der Waals surface area (Å²) in [4.78, 5) is 4.54. The molecule has 1 fully saturated rings. The fraction of sp³-hybridized carbons (Fsp3) is 0.409. The van der Waals surface area contributed by atoms with Crippen LogP contribution in [0.4, 0.5) is 0 Å². The Balaban J connectivity index is 1.51. The maximum absolute atomic E-state index is 12.2. The van der Waals surface area contributed by atoms with Crippen molar-refractivity contribution >= 4 is 16.0 Å². The van der Waals surface area contributed by atoms with E-state index in [1.807, 2.05) is 6.07 Å². The van der Waals surface area contributed by atoms with Crippen molar-refractivity contribution in [1.82, 2.24) is 15.4 Å². The molecule has 0 unspecified atom stereocenters. The lowest BCUT2D eigenvalue weighted by Gasteiger charge is -2.19. The van der Waals surface area contributed by atoms with E-state index in [0.29, 0.717) is 13.2 Å². The highest BCUT2D eigenvalue weighted by atomic mass is 32.2. The topological polar surface area (TPSA) is 91.8 Å². The molecule has 162 valence electrons. The van der Waals surface area contributed by atoms with Crippen molar-refractivity contribution in [3.8, 4) is 0 Å². The van der Waals surface area contributed by atoms with Gasteiger partial charge in [0.05, 0.1) is 11.5 Å². The molecule has 2 aromatic rings. The van der Waals surface area contributed by atoms with Crippen molar-refractivity contribution in [3.05, 3.63) is 65.7 Å². The van der Waals surface area contributed by atoms with Crippen LogP contribution in [0.3, 0.4) is 0 Å². The minimum atomic E-state index is -3.52. The van der Waals surface area contributed by atoms with Crippen molar-refractivity contribution in [1.29, 1.82) is 0 Å². The minimum absolute atomic E-state index is 0.199. The van der Waals surface area contributed by atoms with Gasteiger partial charge in [0, 0.05) is 39.2 Å². The van der Waals surface area contributed by atoms with Gasteiger partial charge in [-0.25, -0.2) is 13.1 Å². The lowest BCUT2D eigenvalue weighted by molar-refractivity contribution is 0.204. The molecule has 3 rings (SSSR count). The number of nitrogens with zero attached hydrogens (tertiary/aromatic N) is 1. The molecular weight excluding hydrogens is 400 g/mol. The molecule has 0 atom stereocenters. The summed E-state index contributed by atoms with van der Waals surface area (Å²) in [6.45, 7) is 1.96. The molecule has 0 saturated heterocycles. The van der Waals surface area contributed by atoms with E-state index in [4.69, 9.17) is 4.74 Å². The second kappa shape index (κ2) is 10.1. The SMILES string of the molecule is CN=C(NCc1ccc(S(=O)(=O)NCCOC)cc1)NCC1(c2ccccc2)CC1. The van der Waals surface area contributed by atoms with Crippen molar-refractivity contribution in [3.63, 3.8) is 0 Å². The zero-order valence-electron chi connectivity index (χ0n) is 17.5. The smallest absolute Gasteiger partial charge is 0.240 e. The molecule has 2 aromatic carbocycles. The zero-order valence-corrected chi connectivity index (χ0v) is 18.3. The highest BCUT2D eigenvalue weighted by Crippen LogP contribution is 2.47. The molecule has 0 heterocycles. The Hall–Kier alpha value is -2.42. The Morgan fingerprint density at radius 3 is 2.37 bits per heavy atom. The van der Waals surface area contributed by atoms with Gasteiger partial charge in [-0.3, -0.25) is 4.99 Å². The quantitative estimate of drug-likeness (QED) is 0.305. The number of ether oxygens (including phenoxy) is 1. The summed E-state index contributed by atoms with van der Waals surface area (Å²) < 4.78 is 31.8. The van der Waals surface area contributed by atoms with E-state index in [2.05, 4.69) is 44.6 Å². The maximum atomic E-state index is 12.2. The molecule has 1 aliphatic rings. The molecule has 0 aliphatic heterocycles. The lowest BCUT2D eigenvalue weighted by atomic mass is 9.96. The van der Waals surface area contributed by atoms with Gasteiger partial charge < -0.3 is 15.4 Å². The predicted molar refractivity (Wildman–Crippen MR) is 119 cm³/mol. The van der Waals surface area contributed by atoms with Gasteiger partial charge in [-0.2, -0.15) is 0 Å². The number of aliphatic imine (C=N–C) groups is 1. The van der Waals surface area contributed by atoms with Crippen LogP contribution < -0.4 is 15.4 Å². The second-order valence-electron chi connectivity index (χ2n) is 7.46. The third-order valence-electron chi connectivity index (χ3n) is 5.35. The van der Waals surface area contributed by atoms with Gasteiger partial charge in [-0.1, -0.05) is 42.5 Å². The van der Waals surface area contributed by atoms with E-state index in [9.17, 15) is 8.42 Å². The average molecular weight is 431 g/mol. The van der Waals surface area contributed by atoms with Gasteiger partial charge >= 0.3 is 0 Å². The number of guanidine groups is 1. The van der Waals surface area contributed by atoms with Crippen molar-refractivity contribution in [2.24, 2.45) is 4.99 Å². The van der Waals surface area contributed by atoms with Gasteiger partial charge in [0.1, 0.15) is 0 Å². The van der Waals surface area contributed by atoms with Crippen molar-refractivity contribution in [2.45, 2.75) is 29.7 Å². The van der Waals surface area contributed by atoms with Crippen LogP contribution in [-0.4, -0.2) is 48.2 Å². The highest BCUT2D eigenvalue weighted by Gasteiger charge is 2.43. The summed E-state index contributed by atoms with van der Waals surface area (Å²) in [5.74, 6) is 0.732. The van der Waals surface area contributed by atoms with E-state index in [1.54, 1.807) is 31.3 Å². The number of sulfonamides is 1. The van der Waals surface area contributed by atoms with Crippen LogP contribution in [0.15, 0.2) is 64.5 Å².